The highest BCUT2D eigenvalue weighted by Gasteiger charge is 2.69. The van der Waals surface area contributed by atoms with Crippen molar-refractivity contribution in [1.82, 2.24) is 15.0 Å². The number of Topliss-reactive ketones (excluding diaryl/α,β-unsaturated/α-hetero) is 2. The number of hydrogen-bond donors (Lipinski definition) is 1. The van der Waals surface area contributed by atoms with E-state index in [1.165, 1.54) is 5.56 Å². The van der Waals surface area contributed by atoms with Crippen molar-refractivity contribution in [3.05, 3.63) is 81.1 Å². The first-order valence-electron chi connectivity index (χ1n) is 19.6. The van der Waals surface area contributed by atoms with Gasteiger partial charge in [-0.2, -0.15) is 0 Å². The second-order valence-electron chi connectivity index (χ2n) is 19.4. The van der Waals surface area contributed by atoms with E-state index < -0.39 is 37.4 Å². The van der Waals surface area contributed by atoms with Crippen LogP contribution in [0.15, 0.2) is 46.5 Å². The molecule has 1 heterocycles. The summed E-state index contributed by atoms with van der Waals surface area (Å²) in [6.07, 6.45) is 0.968. The summed E-state index contributed by atoms with van der Waals surface area (Å²) < 4.78 is 19.5. The minimum absolute atomic E-state index is 0.0462. The van der Waals surface area contributed by atoms with Crippen molar-refractivity contribution in [3.63, 3.8) is 0 Å². The first-order chi connectivity index (χ1) is 25.5. The van der Waals surface area contributed by atoms with Crippen LogP contribution in [0.2, 0.25) is 18.1 Å². The first-order valence-corrected chi connectivity index (χ1v) is 22.5. The van der Waals surface area contributed by atoms with Crippen LogP contribution < -0.4 is 9.64 Å². The second-order valence-corrected chi connectivity index (χ2v) is 24.1. The Morgan fingerprint density at radius 3 is 2.22 bits per heavy atom. The monoisotopic (exact) mass is 770 g/mol. The lowest BCUT2D eigenvalue weighted by atomic mass is 9.57. The Morgan fingerprint density at radius 2 is 1.64 bits per heavy atom. The summed E-state index contributed by atoms with van der Waals surface area (Å²) in [4.78, 5) is 37.7. The predicted octanol–water partition coefficient (Wildman–Crippen LogP) is 8.40. The molecule has 0 unspecified atom stereocenters. The fourth-order valence-electron chi connectivity index (χ4n) is 9.16. The Bertz CT molecular complexity index is 2000. The van der Waals surface area contributed by atoms with Crippen molar-refractivity contribution in [2.24, 2.45) is 17.3 Å². The molecule has 0 aliphatic heterocycles. The number of aromatic nitrogens is 1. The lowest BCUT2D eigenvalue weighted by Gasteiger charge is -2.55. The largest absolute Gasteiger partial charge is 0.507 e. The van der Waals surface area contributed by atoms with E-state index in [1.807, 2.05) is 70.3 Å². The smallest absolute Gasteiger partial charge is 0.265 e. The zero-order chi connectivity index (χ0) is 40.6. The number of benzene rings is 2. The molecule has 3 aliphatic carbocycles. The number of ether oxygens (including phenoxy) is 1. The van der Waals surface area contributed by atoms with E-state index in [0.717, 1.165) is 35.5 Å². The van der Waals surface area contributed by atoms with Crippen molar-refractivity contribution in [2.45, 2.75) is 104 Å². The number of carbonyl (C=O) groups excluding carboxylic acids is 2. The molecule has 0 bridgehead atoms. The number of aryl methyl sites for hydroxylation is 1. The molecule has 2 aromatic carbocycles. The summed E-state index contributed by atoms with van der Waals surface area (Å²) in [6, 6.07) is 11.3. The molecule has 298 valence electrons. The van der Waals surface area contributed by atoms with Crippen LogP contribution >= 0.6 is 0 Å². The maximum absolute atomic E-state index is 15.7. The summed E-state index contributed by atoms with van der Waals surface area (Å²) in [5, 5.41) is 16.5. The number of aliphatic hydroxyl groups excluding tert-OH is 1. The van der Waals surface area contributed by atoms with Gasteiger partial charge in [0.05, 0.1) is 6.04 Å². The zero-order valence-electron chi connectivity index (χ0n) is 35.5. The lowest BCUT2D eigenvalue weighted by molar-refractivity contribution is -0.140. The van der Waals surface area contributed by atoms with Crippen LogP contribution in [-0.4, -0.2) is 87.3 Å². The summed E-state index contributed by atoms with van der Waals surface area (Å²) in [6.45, 7) is 21.0. The summed E-state index contributed by atoms with van der Waals surface area (Å²) in [5.74, 6) is -1.55. The van der Waals surface area contributed by atoms with Gasteiger partial charge >= 0.3 is 0 Å². The maximum Gasteiger partial charge on any atom is 0.265 e. The second kappa shape index (κ2) is 14.3. The lowest BCUT2D eigenvalue weighted by Crippen LogP contribution is -2.68. The van der Waals surface area contributed by atoms with Crippen LogP contribution in [0.4, 0.5) is 5.69 Å². The molecular weight excluding hydrogens is 709 g/mol. The van der Waals surface area contributed by atoms with E-state index in [9.17, 15) is 5.11 Å². The molecule has 1 N–H and O–H groups in total. The third-order valence-corrected chi connectivity index (χ3v) is 16.6. The van der Waals surface area contributed by atoms with Gasteiger partial charge in [-0.15, -0.1) is 0 Å². The van der Waals surface area contributed by atoms with Gasteiger partial charge in [0, 0.05) is 49.9 Å². The highest BCUT2D eigenvalue weighted by Crippen LogP contribution is 2.59. The minimum Gasteiger partial charge on any atom is -0.507 e. The van der Waals surface area contributed by atoms with Gasteiger partial charge in [0.15, 0.2) is 19.7 Å². The Hall–Kier alpha value is -3.77. The van der Waals surface area contributed by atoms with E-state index in [0.29, 0.717) is 24.2 Å². The van der Waals surface area contributed by atoms with Crippen LogP contribution in [0.1, 0.15) is 97.9 Å². The van der Waals surface area contributed by atoms with Gasteiger partial charge < -0.3 is 28.6 Å². The van der Waals surface area contributed by atoms with Crippen molar-refractivity contribution in [3.8, 4) is 5.88 Å². The topological polar surface area (TPSA) is 109 Å². The highest BCUT2D eigenvalue weighted by molar-refractivity contribution is 6.74. The molecular formula is C44H62N4O6Si. The average molecular weight is 771 g/mol. The number of aliphatic hydroxyl groups is 1. The van der Waals surface area contributed by atoms with Gasteiger partial charge in [-0.25, -0.2) is 0 Å². The summed E-state index contributed by atoms with van der Waals surface area (Å²) in [5.41, 5.74) is 4.38. The molecule has 0 saturated heterocycles. The molecule has 3 aliphatic rings. The third kappa shape index (κ3) is 7.10. The molecule has 10 nitrogen and oxygen atoms in total. The van der Waals surface area contributed by atoms with Crippen molar-refractivity contribution < 1.29 is 28.4 Å². The predicted molar refractivity (Wildman–Crippen MR) is 220 cm³/mol. The number of anilines is 1. The van der Waals surface area contributed by atoms with Gasteiger partial charge in [0.1, 0.15) is 17.9 Å². The fraction of sp³-hybridized carbons (Fsp3) is 0.568. The first kappa shape index (κ1) is 40.9. The summed E-state index contributed by atoms with van der Waals surface area (Å²) >= 11 is 0. The van der Waals surface area contributed by atoms with Gasteiger partial charge in [-0.1, -0.05) is 77.9 Å². The Morgan fingerprint density at radius 1 is 0.982 bits per heavy atom. The fourth-order valence-corrected chi connectivity index (χ4v) is 10.6. The summed E-state index contributed by atoms with van der Waals surface area (Å²) in [7, 11) is 7.27. The number of rotatable bonds is 10. The van der Waals surface area contributed by atoms with Gasteiger partial charge in [0.25, 0.3) is 5.88 Å². The van der Waals surface area contributed by atoms with Crippen molar-refractivity contribution >= 4 is 31.3 Å². The molecule has 0 spiro atoms. The molecule has 1 aromatic heterocycles. The molecule has 0 radical (unpaired) electrons. The van der Waals surface area contributed by atoms with Crippen LogP contribution in [0.5, 0.6) is 5.88 Å². The normalized spacial score (nSPS) is 22.8. The van der Waals surface area contributed by atoms with Gasteiger partial charge in [0.2, 0.25) is 11.6 Å². The number of ketones is 2. The van der Waals surface area contributed by atoms with Crippen molar-refractivity contribution in [2.75, 3.05) is 46.7 Å². The van der Waals surface area contributed by atoms with Crippen LogP contribution in [0.3, 0.4) is 0 Å². The molecule has 11 heteroatoms. The number of hydrogen-bond acceptors (Lipinski definition) is 10. The van der Waals surface area contributed by atoms with E-state index in [4.69, 9.17) is 13.7 Å². The van der Waals surface area contributed by atoms with E-state index in [-0.39, 0.29) is 45.8 Å². The van der Waals surface area contributed by atoms with Gasteiger partial charge in [-0.05, 0) is 97.8 Å². The number of nitrogens with zero attached hydrogens (tertiary/aromatic N) is 4. The van der Waals surface area contributed by atoms with E-state index in [1.54, 1.807) is 0 Å². The molecule has 55 heavy (non-hydrogen) atoms. The average Bonchev–Trinajstić information content (AvgIpc) is 3.47. The standard InChI is InChI=1S/C44H62N4O6Si/c1-26-20-29(23-48(12)25-42(2,3)4)35(46(8)9)30-21-28-22-31-36(47(10)11)38-34(41(45-53-38)52-24-27-18-16-15-17-19-27)40(51)44(31,54-55(13,14)43(5,6)7)39(50)33(28)37(49)32(26)30/h15-20,28,31,36,49H,21-25H2,1-14H3/t28-,31-,36-,44-/m0/s1. The number of fused-ring (bicyclic) bond motifs is 4. The number of carbonyl (C=O) groups is 2. The third-order valence-electron chi connectivity index (χ3n) is 12.2. The van der Waals surface area contributed by atoms with Gasteiger partial charge in [-0.3, -0.25) is 14.5 Å². The maximum atomic E-state index is 15.7. The van der Waals surface area contributed by atoms with Crippen LogP contribution in [0.25, 0.3) is 5.76 Å². The molecule has 6 rings (SSSR count). The Kier molecular flexibility index (Phi) is 10.6. The Labute approximate surface area is 329 Å². The molecule has 3 aromatic rings. The van der Waals surface area contributed by atoms with E-state index in [2.05, 4.69) is 82.7 Å². The van der Waals surface area contributed by atoms with Crippen LogP contribution in [-0.2, 0) is 28.8 Å². The quantitative estimate of drug-likeness (QED) is 0.160. The zero-order valence-corrected chi connectivity index (χ0v) is 36.5. The minimum atomic E-state index is -2.84. The molecule has 1 fully saturated rings. The molecule has 1 saturated carbocycles. The molecule has 4 atom stereocenters. The highest BCUT2D eigenvalue weighted by atomic mass is 28.4. The van der Waals surface area contributed by atoms with Crippen LogP contribution in [0, 0.1) is 24.2 Å². The SMILES string of the molecule is Cc1cc(CN(C)CC(C)(C)C)c(N(C)C)c2c1C(O)=C1C(=O)[C@]3(O[Si](C)(C)C(C)(C)C)C(=O)c4c(OCc5ccccc5)noc4[C@@H](N(C)C)[C@@H]3C[C@@H]1C2. The van der Waals surface area contributed by atoms with E-state index >= 15 is 9.59 Å². The van der Waals surface area contributed by atoms with Crippen molar-refractivity contribution in [1.29, 1.82) is 0 Å². The molecule has 0 amide bonds. The Balaban J connectivity index is 1.55.